The fourth-order valence-corrected chi connectivity index (χ4v) is 2.79. The second-order valence-electron chi connectivity index (χ2n) is 6.09. The number of nitrogens with one attached hydrogen (secondary N) is 1. The fraction of sp³-hybridized carbons (Fsp3) is 0.368. The van der Waals surface area contributed by atoms with Crippen molar-refractivity contribution in [3.63, 3.8) is 0 Å². The van der Waals surface area contributed by atoms with Crippen LogP contribution in [0.4, 0.5) is 0 Å². The summed E-state index contributed by atoms with van der Waals surface area (Å²) in [5, 5.41) is 3.00. The van der Waals surface area contributed by atoms with Crippen LogP contribution in [0.3, 0.4) is 0 Å². The van der Waals surface area contributed by atoms with Crippen LogP contribution in [0.2, 0.25) is 0 Å². The van der Waals surface area contributed by atoms with Gasteiger partial charge in [0.1, 0.15) is 0 Å². The van der Waals surface area contributed by atoms with Crippen LogP contribution in [0.1, 0.15) is 28.8 Å². The molecule has 3 rings (SSSR count). The highest BCUT2D eigenvalue weighted by molar-refractivity contribution is 5.94. The van der Waals surface area contributed by atoms with E-state index >= 15 is 0 Å². The normalized spacial score (nSPS) is 17.7. The molecule has 0 bridgehead atoms. The minimum absolute atomic E-state index is 0.0284. The number of carbonyl (C=O) groups is 1. The largest absolute Gasteiger partial charge is 0.381 e. The SMILES string of the molecule is Cc1ccnc(-c2ccc(C(=O)NC[C@@H]3CCCOC3)cc2)c1. The number of nitrogens with zero attached hydrogens (tertiary/aromatic N) is 1. The summed E-state index contributed by atoms with van der Waals surface area (Å²) >= 11 is 0. The van der Waals surface area contributed by atoms with Crippen molar-refractivity contribution in [2.24, 2.45) is 5.92 Å². The first-order valence-corrected chi connectivity index (χ1v) is 8.11. The Balaban J connectivity index is 1.61. The molecule has 1 aromatic carbocycles. The first kappa shape index (κ1) is 15.7. The summed E-state index contributed by atoms with van der Waals surface area (Å²) in [6, 6.07) is 11.6. The summed E-state index contributed by atoms with van der Waals surface area (Å²) in [7, 11) is 0. The molecule has 0 radical (unpaired) electrons. The summed E-state index contributed by atoms with van der Waals surface area (Å²) in [4.78, 5) is 16.6. The Labute approximate surface area is 136 Å². The molecular formula is C19H22N2O2. The molecule has 1 aliphatic rings. The van der Waals surface area contributed by atoms with Gasteiger partial charge in [0.05, 0.1) is 12.3 Å². The number of hydrogen-bond acceptors (Lipinski definition) is 3. The Hall–Kier alpha value is -2.20. The first-order valence-electron chi connectivity index (χ1n) is 8.11. The summed E-state index contributed by atoms with van der Waals surface area (Å²) in [5.41, 5.74) is 3.80. The van der Waals surface area contributed by atoms with Gasteiger partial charge < -0.3 is 10.1 Å². The predicted octanol–water partition coefficient (Wildman–Crippen LogP) is 3.21. The average Bonchev–Trinajstić information content (AvgIpc) is 2.61. The molecular weight excluding hydrogens is 288 g/mol. The molecule has 0 saturated carbocycles. The summed E-state index contributed by atoms with van der Waals surface area (Å²) < 4.78 is 5.44. The van der Waals surface area contributed by atoms with Gasteiger partial charge in [-0.05, 0) is 55.5 Å². The summed E-state index contributed by atoms with van der Waals surface area (Å²) in [6.07, 6.45) is 4.01. The lowest BCUT2D eigenvalue weighted by molar-refractivity contribution is 0.0536. The van der Waals surface area contributed by atoms with Gasteiger partial charge in [-0.15, -0.1) is 0 Å². The van der Waals surface area contributed by atoms with Gasteiger partial charge in [0.25, 0.3) is 5.91 Å². The summed E-state index contributed by atoms with van der Waals surface area (Å²) in [5.74, 6) is 0.405. The van der Waals surface area contributed by atoms with Crippen LogP contribution in [-0.2, 0) is 4.74 Å². The Kier molecular flexibility index (Phi) is 5.03. The highest BCUT2D eigenvalue weighted by atomic mass is 16.5. The van der Waals surface area contributed by atoms with Crippen molar-refractivity contribution in [3.8, 4) is 11.3 Å². The van der Waals surface area contributed by atoms with Crippen molar-refractivity contribution in [3.05, 3.63) is 53.7 Å². The molecule has 1 fully saturated rings. The smallest absolute Gasteiger partial charge is 0.251 e. The van der Waals surface area contributed by atoms with Crippen LogP contribution in [0.25, 0.3) is 11.3 Å². The molecule has 4 heteroatoms. The number of carbonyl (C=O) groups excluding carboxylic acids is 1. The standard InChI is InChI=1S/C19H22N2O2/c1-14-8-9-20-18(11-14)16-4-6-17(7-5-16)19(22)21-12-15-3-2-10-23-13-15/h4-9,11,15H,2-3,10,12-13H2,1H3,(H,21,22)/t15-/m0/s1. The molecule has 1 saturated heterocycles. The highest BCUT2D eigenvalue weighted by Gasteiger charge is 2.15. The number of hydrogen-bond donors (Lipinski definition) is 1. The van der Waals surface area contributed by atoms with Crippen LogP contribution in [0, 0.1) is 12.8 Å². The molecule has 0 aliphatic carbocycles. The second-order valence-corrected chi connectivity index (χ2v) is 6.09. The zero-order valence-corrected chi connectivity index (χ0v) is 13.4. The first-order chi connectivity index (χ1) is 11.2. The maximum Gasteiger partial charge on any atom is 0.251 e. The van der Waals surface area contributed by atoms with E-state index in [1.807, 2.05) is 43.3 Å². The van der Waals surface area contributed by atoms with Gasteiger partial charge in [-0.2, -0.15) is 0 Å². The van der Waals surface area contributed by atoms with Crippen molar-refractivity contribution in [1.82, 2.24) is 10.3 Å². The third kappa shape index (κ3) is 4.17. The van der Waals surface area contributed by atoms with Crippen LogP contribution < -0.4 is 5.32 Å². The van der Waals surface area contributed by atoms with E-state index in [0.717, 1.165) is 37.3 Å². The number of rotatable bonds is 4. The van der Waals surface area contributed by atoms with E-state index in [-0.39, 0.29) is 5.91 Å². The molecule has 4 nitrogen and oxygen atoms in total. The number of ether oxygens (including phenoxy) is 1. The van der Waals surface area contributed by atoms with Gasteiger partial charge in [0.2, 0.25) is 0 Å². The molecule has 23 heavy (non-hydrogen) atoms. The zero-order valence-electron chi connectivity index (χ0n) is 13.4. The zero-order chi connectivity index (χ0) is 16.1. The maximum atomic E-state index is 12.2. The van der Waals surface area contributed by atoms with E-state index in [0.29, 0.717) is 18.0 Å². The van der Waals surface area contributed by atoms with Crippen LogP contribution in [0.5, 0.6) is 0 Å². The van der Waals surface area contributed by atoms with Gasteiger partial charge >= 0.3 is 0 Å². The molecule has 120 valence electrons. The van der Waals surface area contributed by atoms with Gasteiger partial charge in [0, 0.05) is 30.5 Å². The lowest BCUT2D eigenvalue weighted by Crippen LogP contribution is -2.33. The van der Waals surface area contributed by atoms with Crippen LogP contribution >= 0.6 is 0 Å². The van der Waals surface area contributed by atoms with Gasteiger partial charge in [-0.3, -0.25) is 9.78 Å². The molecule has 1 atom stereocenters. The fourth-order valence-electron chi connectivity index (χ4n) is 2.79. The highest BCUT2D eigenvalue weighted by Crippen LogP contribution is 2.18. The third-order valence-electron chi connectivity index (χ3n) is 4.16. The molecule has 1 amide bonds. The van der Waals surface area contributed by atoms with Gasteiger partial charge in [-0.1, -0.05) is 12.1 Å². The third-order valence-corrected chi connectivity index (χ3v) is 4.16. The Morgan fingerprint density at radius 1 is 1.30 bits per heavy atom. The van der Waals surface area contributed by atoms with E-state index in [9.17, 15) is 4.79 Å². The van der Waals surface area contributed by atoms with Crippen LogP contribution in [0.15, 0.2) is 42.6 Å². The number of pyridine rings is 1. The van der Waals surface area contributed by atoms with Crippen molar-refractivity contribution in [1.29, 1.82) is 0 Å². The van der Waals surface area contributed by atoms with Gasteiger partial charge in [0.15, 0.2) is 0 Å². The van der Waals surface area contributed by atoms with E-state index in [1.165, 1.54) is 5.56 Å². The van der Waals surface area contributed by atoms with Crippen molar-refractivity contribution < 1.29 is 9.53 Å². The number of aryl methyl sites for hydroxylation is 1. The molecule has 1 N–H and O–H groups in total. The lowest BCUT2D eigenvalue weighted by atomic mass is 10.0. The molecule has 2 aromatic rings. The molecule has 0 unspecified atom stereocenters. The van der Waals surface area contributed by atoms with Crippen molar-refractivity contribution in [2.75, 3.05) is 19.8 Å². The predicted molar refractivity (Wildman–Crippen MR) is 90.3 cm³/mol. The number of benzene rings is 1. The molecule has 1 aromatic heterocycles. The Bertz CT molecular complexity index is 661. The second kappa shape index (κ2) is 7.38. The number of aromatic nitrogens is 1. The molecule has 0 spiro atoms. The minimum atomic E-state index is -0.0284. The van der Waals surface area contributed by atoms with E-state index in [1.54, 1.807) is 6.20 Å². The average molecular weight is 310 g/mol. The van der Waals surface area contributed by atoms with Crippen molar-refractivity contribution >= 4 is 5.91 Å². The molecule has 1 aliphatic heterocycles. The van der Waals surface area contributed by atoms with E-state index in [2.05, 4.69) is 10.3 Å². The monoisotopic (exact) mass is 310 g/mol. The maximum absolute atomic E-state index is 12.2. The molecule has 2 heterocycles. The Morgan fingerprint density at radius 2 is 2.13 bits per heavy atom. The Morgan fingerprint density at radius 3 is 2.83 bits per heavy atom. The minimum Gasteiger partial charge on any atom is -0.381 e. The summed E-state index contributed by atoms with van der Waals surface area (Å²) in [6.45, 7) is 4.32. The lowest BCUT2D eigenvalue weighted by Gasteiger charge is -2.22. The van der Waals surface area contributed by atoms with E-state index < -0.39 is 0 Å². The van der Waals surface area contributed by atoms with Crippen LogP contribution in [-0.4, -0.2) is 30.6 Å². The quantitative estimate of drug-likeness (QED) is 0.943. The van der Waals surface area contributed by atoms with E-state index in [4.69, 9.17) is 4.74 Å². The topological polar surface area (TPSA) is 51.2 Å². The van der Waals surface area contributed by atoms with Gasteiger partial charge in [-0.25, -0.2) is 0 Å². The van der Waals surface area contributed by atoms with Crippen molar-refractivity contribution in [2.45, 2.75) is 19.8 Å². The number of amides is 1.